The summed E-state index contributed by atoms with van der Waals surface area (Å²) >= 11 is 1.38. The lowest BCUT2D eigenvalue weighted by Crippen LogP contribution is -2.47. The van der Waals surface area contributed by atoms with Crippen LogP contribution in [0.1, 0.15) is 17.0 Å². The lowest BCUT2D eigenvalue weighted by Gasteiger charge is -2.13. The summed E-state index contributed by atoms with van der Waals surface area (Å²) in [6.45, 7) is 2.05. The number of nitrogens with one attached hydrogen (secondary N) is 2. The van der Waals surface area contributed by atoms with Gasteiger partial charge in [-0.15, -0.1) is 11.3 Å². The second-order valence-corrected chi connectivity index (χ2v) is 4.69. The second-order valence-electron chi connectivity index (χ2n) is 3.75. The van der Waals surface area contributed by atoms with Crippen LogP contribution in [0.25, 0.3) is 0 Å². The molecule has 0 saturated carbocycles. The number of rotatable bonds is 6. The first-order chi connectivity index (χ1) is 8.90. The number of hydrogen-bond acceptors (Lipinski definition) is 5. The number of nitrogens with two attached hydrogens (primary N) is 1. The minimum atomic E-state index is -1.33. The lowest BCUT2D eigenvalue weighted by atomic mass is 10.2. The normalized spacial score (nSPS) is 11.6. The summed E-state index contributed by atoms with van der Waals surface area (Å²) in [6, 6.07) is -2.01. The third-order valence-corrected chi connectivity index (χ3v) is 3.20. The first-order valence-corrected chi connectivity index (χ1v) is 6.22. The van der Waals surface area contributed by atoms with Gasteiger partial charge in [0.15, 0.2) is 0 Å². The number of urea groups is 1. The van der Waals surface area contributed by atoms with Crippen molar-refractivity contribution in [3.63, 3.8) is 0 Å². The summed E-state index contributed by atoms with van der Waals surface area (Å²) in [5.41, 5.74) is 7.35. The smallest absolute Gasteiger partial charge is 0.326 e. The van der Waals surface area contributed by atoms with E-state index >= 15 is 0 Å². The van der Waals surface area contributed by atoms with E-state index in [0.29, 0.717) is 0 Å². The van der Waals surface area contributed by atoms with Gasteiger partial charge in [0.05, 0.1) is 24.2 Å². The van der Waals surface area contributed by atoms with E-state index < -0.39 is 30.4 Å². The molecule has 0 aromatic carbocycles. The molecule has 0 radical (unpaired) electrons. The van der Waals surface area contributed by atoms with Crippen molar-refractivity contribution in [2.75, 3.05) is 0 Å². The van der Waals surface area contributed by atoms with Gasteiger partial charge in [-0.05, 0) is 6.92 Å². The molecule has 0 aliphatic rings. The van der Waals surface area contributed by atoms with Crippen LogP contribution in [-0.2, 0) is 16.1 Å². The van der Waals surface area contributed by atoms with Gasteiger partial charge in [-0.25, -0.2) is 14.6 Å². The van der Waals surface area contributed by atoms with Gasteiger partial charge in [-0.2, -0.15) is 0 Å². The number of thiazole rings is 1. The Labute approximate surface area is 113 Å². The number of primary amides is 1. The zero-order chi connectivity index (χ0) is 14.4. The molecule has 0 spiro atoms. The number of carboxylic acids is 1. The Bertz CT molecular complexity index is 488. The molecule has 1 aromatic rings. The fourth-order valence-corrected chi connectivity index (χ4v) is 1.98. The third-order valence-electron chi connectivity index (χ3n) is 2.26. The summed E-state index contributed by atoms with van der Waals surface area (Å²) in [6.07, 6.45) is -0.456. The molecule has 1 aromatic heterocycles. The molecule has 0 aliphatic heterocycles. The van der Waals surface area contributed by atoms with Crippen LogP contribution in [-0.4, -0.2) is 34.0 Å². The van der Waals surface area contributed by atoms with Crippen LogP contribution >= 0.6 is 11.3 Å². The highest BCUT2D eigenvalue weighted by Gasteiger charge is 2.21. The van der Waals surface area contributed by atoms with Gasteiger partial charge in [-0.3, -0.25) is 4.79 Å². The van der Waals surface area contributed by atoms with Gasteiger partial charge in [0.25, 0.3) is 0 Å². The highest BCUT2D eigenvalue weighted by atomic mass is 32.1. The van der Waals surface area contributed by atoms with E-state index in [1.807, 2.05) is 0 Å². The van der Waals surface area contributed by atoms with Crippen molar-refractivity contribution in [1.29, 1.82) is 0 Å². The van der Waals surface area contributed by atoms with E-state index in [4.69, 9.17) is 10.8 Å². The standard InChI is InChI=1S/C10H14N4O4S/c1-5-7(19-4-13-5)3-12-10(18)14-6(9(16)17)2-8(11)15/h4,6H,2-3H2,1H3,(H2,11,15)(H,16,17)(H2,12,14,18)/t6-/m0/s1. The topological polar surface area (TPSA) is 134 Å². The van der Waals surface area contributed by atoms with Crippen molar-refractivity contribution >= 4 is 29.2 Å². The van der Waals surface area contributed by atoms with Crippen molar-refractivity contribution in [2.45, 2.75) is 25.9 Å². The first-order valence-electron chi connectivity index (χ1n) is 5.34. The SMILES string of the molecule is Cc1ncsc1CNC(=O)N[C@@H](CC(N)=O)C(=O)O. The van der Waals surface area contributed by atoms with Gasteiger partial charge in [0.1, 0.15) is 6.04 Å². The summed E-state index contributed by atoms with van der Waals surface area (Å²) in [7, 11) is 0. The molecule has 1 rings (SSSR count). The number of carbonyl (C=O) groups excluding carboxylic acids is 2. The minimum absolute atomic E-state index is 0.241. The molecule has 19 heavy (non-hydrogen) atoms. The van der Waals surface area contributed by atoms with Gasteiger partial charge in [-0.1, -0.05) is 0 Å². The molecule has 3 amide bonds. The van der Waals surface area contributed by atoms with Gasteiger partial charge >= 0.3 is 12.0 Å². The van der Waals surface area contributed by atoms with Crippen LogP contribution in [0.2, 0.25) is 0 Å². The molecule has 0 unspecified atom stereocenters. The Morgan fingerprint density at radius 1 is 1.53 bits per heavy atom. The molecule has 0 saturated heterocycles. The van der Waals surface area contributed by atoms with E-state index in [1.54, 1.807) is 12.4 Å². The molecule has 9 heteroatoms. The quantitative estimate of drug-likeness (QED) is 0.563. The van der Waals surface area contributed by atoms with Crippen molar-refractivity contribution in [1.82, 2.24) is 15.6 Å². The Hall–Kier alpha value is -2.16. The molecule has 0 bridgehead atoms. The molecular formula is C10H14N4O4S. The number of amides is 3. The molecule has 104 valence electrons. The first kappa shape index (κ1) is 14.9. The second kappa shape index (κ2) is 6.69. The van der Waals surface area contributed by atoms with E-state index in [2.05, 4.69) is 15.6 Å². The van der Waals surface area contributed by atoms with Gasteiger partial charge in [0, 0.05) is 4.88 Å². The number of carboxylic acid groups (broad SMARTS) is 1. The Kier molecular flexibility index (Phi) is 5.24. The molecule has 0 fully saturated rings. The summed E-state index contributed by atoms with van der Waals surface area (Å²) in [4.78, 5) is 37.8. The van der Waals surface area contributed by atoms with Crippen LogP contribution in [0.5, 0.6) is 0 Å². The highest BCUT2D eigenvalue weighted by Crippen LogP contribution is 2.10. The maximum Gasteiger partial charge on any atom is 0.326 e. The van der Waals surface area contributed by atoms with E-state index in [1.165, 1.54) is 11.3 Å². The summed E-state index contributed by atoms with van der Waals surface area (Å²) < 4.78 is 0. The van der Waals surface area contributed by atoms with Gasteiger partial charge < -0.3 is 21.5 Å². The third kappa shape index (κ3) is 4.92. The molecule has 8 nitrogen and oxygen atoms in total. The number of hydrogen-bond donors (Lipinski definition) is 4. The van der Waals surface area contributed by atoms with Crippen LogP contribution in [0.4, 0.5) is 4.79 Å². The summed E-state index contributed by atoms with van der Waals surface area (Å²) in [5.74, 6) is -2.12. The number of aryl methyl sites for hydroxylation is 1. The molecule has 1 atom stereocenters. The molecule has 5 N–H and O–H groups in total. The fourth-order valence-electron chi connectivity index (χ4n) is 1.27. The van der Waals surface area contributed by atoms with Crippen molar-refractivity contribution in [2.24, 2.45) is 5.73 Å². The van der Waals surface area contributed by atoms with Gasteiger partial charge in [0.2, 0.25) is 5.91 Å². The minimum Gasteiger partial charge on any atom is -0.480 e. The number of carbonyl (C=O) groups is 3. The van der Waals surface area contributed by atoms with Crippen LogP contribution in [0, 0.1) is 6.92 Å². The van der Waals surface area contributed by atoms with Crippen molar-refractivity contribution in [3.8, 4) is 0 Å². The fraction of sp³-hybridized carbons (Fsp3) is 0.400. The predicted octanol–water partition coefficient (Wildman–Crippen LogP) is -0.421. The summed E-state index contributed by atoms with van der Waals surface area (Å²) in [5, 5.41) is 13.5. The monoisotopic (exact) mass is 286 g/mol. The van der Waals surface area contributed by atoms with E-state index in [0.717, 1.165) is 10.6 Å². The Morgan fingerprint density at radius 2 is 2.21 bits per heavy atom. The van der Waals surface area contributed by atoms with Crippen LogP contribution in [0.15, 0.2) is 5.51 Å². The number of nitrogens with zero attached hydrogens (tertiary/aromatic N) is 1. The maximum absolute atomic E-state index is 11.5. The van der Waals surface area contributed by atoms with Crippen molar-refractivity contribution < 1.29 is 19.5 Å². The zero-order valence-electron chi connectivity index (χ0n) is 10.2. The number of aliphatic carboxylic acids is 1. The Morgan fingerprint density at radius 3 is 2.68 bits per heavy atom. The zero-order valence-corrected chi connectivity index (χ0v) is 11.0. The Balaban J connectivity index is 2.47. The van der Waals surface area contributed by atoms with E-state index in [9.17, 15) is 14.4 Å². The van der Waals surface area contributed by atoms with Crippen LogP contribution in [0.3, 0.4) is 0 Å². The average Bonchev–Trinajstić information content (AvgIpc) is 2.70. The highest BCUT2D eigenvalue weighted by molar-refractivity contribution is 7.09. The van der Waals surface area contributed by atoms with E-state index in [-0.39, 0.29) is 6.54 Å². The maximum atomic E-state index is 11.5. The average molecular weight is 286 g/mol. The van der Waals surface area contributed by atoms with Crippen LogP contribution < -0.4 is 16.4 Å². The lowest BCUT2D eigenvalue weighted by molar-refractivity contribution is -0.140. The molecule has 0 aliphatic carbocycles. The predicted molar refractivity (Wildman–Crippen MR) is 67.5 cm³/mol. The largest absolute Gasteiger partial charge is 0.480 e. The molecular weight excluding hydrogens is 272 g/mol. The van der Waals surface area contributed by atoms with Crippen molar-refractivity contribution in [3.05, 3.63) is 16.1 Å². The number of aromatic nitrogens is 1. The molecule has 1 heterocycles.